The summed E-state index contributed by atoms with van der Waals surface area (Å²) in [5.41, 5.74) is 1.69. The molecule has 0 aliphatic carbocycles. The number of hydrogen-bond acceptors (Lipinski definition) is 5. The number of nitrogens with zero attached hydrogens (tertiary/aromatic N) is 3. The van der Waals surface area contributed by atoms with E-state index < -0.39 is 0 Å². The summed E-state index contributed by atoms with van der Waals surface area (Å²) in [6, 6.07) is 6.83. The average Bonchev–Trinajstić information content (AvgIpc) is 3.20. The lowest BCUT2D eigenvalue weighted by atomic mass is 10.1. The number of carbonyl (C=O) groups is 1. The molecule has 1 N–H and O–H groups in total. The molecule has 2 heterocycles. The van der Waals surface area contributed by atoms with Crippen LogP contribution >= 0.6 is 35.0 Å². The highest BCUT2D eigenvalue weighted by Crippen LogP contribution is 2.29. The van der Waals surface area contributed by atoms with E-state index in [1.807, 2.05) is 44.5 Å². The highest BCUT2D eigenvalue weighted by molar-refractivity contribution is 8.00. The lowest BCUT2D eigenvalue weighted by molar-refractivity contribution is -0.120. The van der Waals surface area contributed by atoms with E-state index in [0.29, 0.717) is 21.0 Å². The van der Waals surface area contributed by atoms with Crippen LogP contribution in [0.2, 0.25) is 10.0 Å². The Hall–Kier alpha value is -1.96. The Morgan fingerprint density at radius 1 is 1.25 bits per heavy atom. The van der Waals surface area contributed by atoms with Crippen molar-refractivity contribution in [1.82, 2.24) is 20.1 Å². The molecule has 0 fully saturated rings. The standard InChI is InChI=1S/C19H20Cl2N4O2S/c1-10(14-6-5-13(20)9-16(14)21)22-18(26)12(3)28-19-24-23-17(25(19)4)15-7-8-27-11(15)2/h5-10,12H,1-4H3,(H,22,26)/t10-,12-/m0/s1. The number of aromatic nitrogens is 3. The summed E-state index contributed by atoms with van der Waals surface area (Å²) < 4.78 is 7.19. The molecule has 2 atom stereocenters. The molecule has 148 valence electrons. The molecule has 28 heavy (non-hydrogen) atoms. The topological polar surface area (TPSA) is 72.9 Å². The first-order valence-corrected chi connectivity index (χ1v) is 10.3. The fraction of sp³-hybridized carbons (Fsp3) is 0.316. The molecule has 9 heteroatoms. The van der Waals surface area contributed by atoms with E-state index in [9.17, 15) is 4.79 Å². The van der Waals surface area contributed by atoms with Crippen molar-refractivity contribution < 1.29 is 9.21 Å². The second-order valence-corrected chi connectivity index (χ2v) is 8.56. The van der Waals surface area contributed by atoms with Crippen molar-refractivity contribution in [2.75, 3.05) is 0 Å². The van der Waals surface area contributed by atoms with Gasteiger partial charge in [-0.25, -0.2) is 0 Å². The summed E-state index contributed by atoms with van der Waals surface area (Å²) in [5, 5.41) is 12.8. The number of rotatable bonds is 6. The largest absolute Gasteiger partial charge is 0.469 e. The van der Waals surface area contributed by atoms with Gasteiger partial charge in [-0.05, 0) is 44.5 Å². The molecule has 1 amide bonds. The Balaban J connectivity index is 1.68. The molecule has 0 radical (unpaired) electrons. The highest BCUT2D eigenvalue weighted by atomic mass is 35.5. The second-order valence-electron chi connectivity index (χ2n) is 6.41. The lowest BCUT2D eigenvalue weighted by Gasteiger charge is -2.18. The molecule has 6 nitrogen and oxygen atoms in total. The SMILES string of the molecule is Cc1occc1-c1nnc(S[C@@H](C)C(=O)N[C@@H](C)c2ccc(Cl)cc2Cl)n1C. The maximum Gasteiger partial charge on any atom is 0.233 e. The lowest BCUT2D eigenvalue weighted by Crippen LogP contribution is -2.33. The number of benzene rings is 1. The Kier molecular flexibility index (Phi) is 6.37. The van der Waals surface area contributed by atoms with Gasteiger partial charge < -0.3 is 14.3 Å². The van der Waals surface area contributed by atoms with E-state index in [0.717, 1.165) is 16.9 Å². The third kappa shape index (κ3) is 4.37. The van der Waals surface area contributed by atoms with Gasteiger partial charge in [0, 0.05) is 17.1 Å². The zero-order chi connectivity index (χ0) is 20.4. The summed E-state index contributed by atoms with van der Waals surface area (Å²) in [4.78, 5) is 12.6. The van der Waals surface area contributed by atoms with Crippen molar-refractivity contribution in [2.24, 2.45) is 7.05 Å². The van der Waals surface area contributed by atoms with Crippen LogP contribution in [0.25, 0.3) is 11.4 Å². The molecule has 0 aliphatic rings. The normalized spacial score (nSPS) is 13.4. The molecule has 0 aliphatic heterocycles. The van der Waals surface area contributed by atoms with Gasteiger partial charge in [-0.2, -0.15) is 0 Å². The smallest absolute Gasteiger partial charge is 0.233 e. The van der Waals surface area contributed by atoms with Crippen molar-refractivity contribution in [2.45, 2.75) is 37.2 Å². The third-order valence-electron chi connectivity index (χ3n) is 4.37. The van der Waals surface area contributed by atoms with E-state index in [1.54, 1.807) is 18.4 Å². The van der Waals surface area contributed by atoms with E-state index >= 15 is 0 Å². The monoisotopic (exact) mass is 438 g/mol. The van der Waals surface area contributed by atoms with Crippen LogP contribution in [0.1, 0.15) is 31.2 Å². The van der Waals surface area contributed by atoms with Gasteiger partial charge in [0.1, 0.15) is 5.76 Å². The van der Waals surface area contributed by atoms with E-state index in [1.165, 1.54) is 11.8 Å². The van der Waals surface area contributed by atoms with Crippen LogP contribution in [-0.2, 0) is 11.8 Å². The van der Waals surface area contributed by atoms with Crippen LogP contribution in [0.4, 0.5) is 0 Å². The quantitative estimate of drug-likeness (QED) is 0.545. The Bertz CT molecular complexity index is 1000. The Labute approximate surface area is 177 Å². The number of hydrogen-bond donors (Lipinski definition) is 1. The second kappa shape index (κ2) is 8.59. The maximum atomic E-state index is 12.6. The van der Waals surface area contributed by atoms with Crippen molar-refractivity contribution in [3.05, 3.63) is 51.9 Å². The maximum absolute atomic E-state index is 12.6. The fourth-order valence-corrected chi connectivity index (χ4v) is 4.14. The Morgan fingerprint density at radius 3 is 2.64 bits per heavy atom. The van der Waals surface area contributed by atoms with Crippen LogP contribution in [0.3, 0.4) is 0 Å². The van der Waals surface area contributed by atoms with Crippen molar-refractivity contribution in [3.63, 3.8) is 0 Å². The van der Waals surface area contributed by atoms with Crippen molar-refractivity contribution >= 4 is 40.9 Å². The number of aryl methyl sites for hydroxylation is 1. The third-order valence-corrected chi connectivity index (χ3v) is 6.07. The van der Waals surface area contributed by atoms with E-state index in [4.69, 9.17) is 27.6 Å². The zero-order valence-electron chi connectivity index (χ0n) is 15.9. The van der Waals surface area contributed by atoms with Gasteiger partial charge in [-0.3, -0.25) is 4.79 Å². The van der Waals surface area contributed by atoms with Crippen LogP contribution in [0.5, 0.6) is 0 Å². The van der Waals surface area contributed by atoms with Crippen LogP contribution in [-0.4, -0.2) is 25.9 Å². The zero-order valence-corrected chi connectivity index (χ0v) is 18.2. The van der Waals surface area contributed by atoms with Gasteiger partial charge in [0.2, 0.25) is 5.91 Å². The minimum atomic E-state index is -0.366. The number of furan rings is 1. The van der Waals surface area contributed by atoms with Gasteiger partial charge in [-0.15, -0.1) is 10.2 Å². The van der Waals surface area contributed by atoms with Crippen LogP contribution < -0.4 is 5.32 Å². The summed E-state index contributed by atoms with van der Waals surface area (Å²) in [7, 11) is 1.87. The van der Waals surface area contributed by atoms with Gasteiger partial charge >= 0.3 is 0 Å². The minimum absolute atomic E-state index is 0.118. The fourth-order valence-electron chi connectivity index (χ4n) is 2.74. The number of halogens is 2. The van der Waals surface area contributed by atoms with Gasteiger partial charge in [0.15, 0.2) is 11.0 Å². The number of nitrogens with one attached hydrogen (secondary N) is 1. The summed E-state index contributed by atoms with van der Waals surface area (Å²) >= 11 is 13.5. The van der Waals surface area contributed by atoms with Gasteiger partial charge in [0.05, 0.1) is 23.1 Å². The predicted molar refractivity (Wildman–Crippen MR) is 112 cm³/mol. The molecular weight excluding hydrogens is 419 g/mol. The molecule has 3 aromatic rings. The molecule has 1 aromatic carbocycles. The summed E-state index contributed by atoms with van der Waals surface area (Å²) in [6.45, 7) is 5.58. The first kappa shape index (κ1) is 20.8. The summed E-state index contributed by atoms with van der Waals surface area (Å²) in [5.74, 6) is 1.35. The number of thioether (sulfide) groups is 1. The molecule has 0 spiro atoms. The molecule has 0 saturated heterocycles. The molecule has 3 rings (SSSR count). The Morgan fingerprint density at radius 2 is 2.00 bits per heavy atom. The van der Waals surface area contributed by atoms with Gasteiger partial charge in [0.25, 0.3) is 0 Å². The van der Waals surface area contributed by atoms with Gasteiger partial charge in [-0.1, -0.05) is 41.0 Å². The van der Waals surface area contributed by atoms with Crippen molar-refractivity contribution in [1.29, 1.82) is 0 Å². The number of carbonyl (C=O) groups excluding carboxylic acids is 1. The molecular formula is C19H20Cl2N4O2S. The highest BCUT2D eigenvalue weighted by Gasteiger charge is 2.22. The number of amides is 1. The minimum Gasteiger partial charge on any atom is -0.469 e. The van der Waals surface area contributed by atoms with Crippen LogP contribution in [0.15, 0.2) is 40.1 Å². The van der Waals surface area contributed by atoms with E-state index in [2.05, 4.69) is 15.5 Å². The predicted octanol–water partition coefficient (Wildman–Crippen LogP) is 5.05. The average molecular weight is 439 g/mol. The first-order valence-electron chi connectivity index (χ1n) is 8.63. The van der Waals surface area contributed by atoms with Crippen LogP contribution in [0, 0.1) is 6.92 Å². The first-order chi connectivity index (χ1) is 13.3. The van der Waals surface area contributed by atoms with Crippen molar-refractivity contribution in [3.8, 4) is 11.4 Å². The molecule has 0 saturated carbocycles. The molecule has 2 aromatic heterocycles. The molecule has 0 bridgehead atoms. The molecule has 0 unspecified atom stereocenters. The van der Waals surface area contributed by atoms with E-state index in [-0.39, 0.29) is 17.2 Å². The summed E-state index contributed by atoms with van der Waals surface area (Å²) in [6.07, 6.45) is 1.62.